The summed E-state index contributed by atoms with van der Waals surface area (Å²) in [6.07, 6.45) is 1.49. The summed E-state index contributed by atoms with van der Waals surface area (Å²) in [5, 5.41) is 2.22. The van der Waals surface area contributed by atoms with Gasteiger partial charge in [-0.3, -0.25) is 14.9 Å². The number of amides is 4. The van der Waals surface area contributed by atoms with Crippen LogP contribution in [0.5, 0.6) is 0 Å². The molecule has 0 spiro atoms. The molecule has 0 unspecified atom stereocenters. The Hall–Kier alpha value is -2.48. The van der Waals surface area contributed by atoms with Crippen LogP contribution in [-0.4, -0.2) is 17.8 Å². The molecule has 1 heterocycles. The normalized spacial score (nSPS) is 16.5. The zero-order valence-corrected chi connectivity index (χ0v) is 14.9. The van der Waals surface area contributed by atoms with Gasteiger partial charge in [-0.2, -0.15) is 0 Å². The molecule has 1 fully saturated rings. The standard InChI is InChI=1S/C18H13IN2O3/c1-11-4-2-3-5-15(11)21-17(23)14(16(22)20-18(21)24)10-12-6-8-13(19)9-7-12/h2-10H,1H3,(H,20,22,24). The van der Waals surface area contributed by atoms with Crippen molar-refractivity contribution in [1.29, 1.82) is 0 Å². The average Bonchev–Trinajstić information content (AvgIpc) is 2.55. The van der Waals surface area contributed by atoms with Gasteiger partial charge >= 0.3 is 6.03 Å². The first-order valence-electron chi connectivity index (χ1n) is 7.20. The smallest absolute Gasteiger partial charge is 0.273 e. The lowest BCUT2D eigenvalue weighted by Gasteiger charge is -2.27. The van der Waals surface area contributed by atoms with Gasteiger partial charge in [0.1, 0.15) is 5.57 Å². The molecule has 120 valence electrons. The lowest BCUT2D eigenvalue weighted by Crippen LogP contribution is -2.54. The fourth-order valence-corrected chi connectivity index (χ4v) is 2.78. The lowest BCUT2D eigenvalue weighted by molar-refractivity contribution is -0.122. The molecular formula is C18H13IN2O3. The number of para-hydroxylation sites is 1. The van der Waals surface area contributed by atoms with Crippen molar-refractivity contribution >= 4 is 52.2 Å². The lowest BCUT2D eigenvalue weighted by atomic mass is 10.1. The molecule has 0 aromatic heterocycles. The van der Waals surface area contributed by atoms with Crippen LogP contribution in [0.25, 0.3) is 6.08 Å². The Morgan fingerprint density at radius 2 is 1.67 bits per heavy atom. The number of nitrogens with zero attached hydrogens (tertiary/aromatic N) is 1. The molecule has 24 heavy (non-hydrogen) atoms. The summed E-state index contributed by atoms with van der Waals surface area (Å²) in [6, 6.07) is 13.7. The third kappa shape index (κ3) is 3.09. The summed E-state index contributed by atoms with van der Waals surface area (Å²) in [5.41, 5.74) is 1.87. The number of anilines is 1. The van der Waals surface area contributed by atoms with Gasteiger partial charge in [-0.1, -0.05) is 30.3 Å². The Morgan fingerprint density at radius 3 is 2.33 bits per heavy atom. The summed E-state index contributed by atoms with van der Waals surface area (Å²) in [4.78, 5) is 38.0. The van der Waals surface area contributed by atoms with Crippen molar-refractivity contribution in [3.8, 4) is 0 Å². The van der Waals surface area contributed by atoms with Gasteiger partial charge in [0, 0.05) is 3.57 Å². The average molecular weight is 432 g/mol. The molecule has 2 aromatic rings. The van der Waals surface area contributed by atoms with Gasteiger partial charge in [0.25, 0.3) is 11.8 Å². The van der Waals surface area contributed by atoms with Crippen LogP contribution >= 0.6 is 22.6 Å². The van der Waals surface area contributed by atoms with E-state index in [4.69, 9.17) is 0 Å². The number of nitrogens with one attached hydrogen (secondary N) is 1. The maximum Gasteiger partial charge on any atom is 0.335 e. The predicted octanol–water partition coefficient (Wildman–Crippen LogP) is 3.27. The number of imide groups is 2. The highest BCUT2D eigenvalue weighted by Crippen LogP contribution is 2.24. The third-order valence-electron chi connectivity index (χ3n) is 3.64. The van der Waals surface area contributed by atoms with Gasteiger partial charge in [0.2, 0.25) is 0 Å². The Balaban J connectivity index is 2.03. The van der Waals surface area contributed by atoms with Crippen molar-refractivity contribution in [2.75, 3.05) is 4.90 Å². The second-order valence-electron chi connectivity index (χ2n) is 5.30. The Kier molecular flexibility index (Phi) is 4.48. The van der Waals surface area contributed by atoms with Gasteiger partial charge in [-0.25, -0.2) is 9.69 Å². The first kappa shape index (κ1) is 16.4. The Bertz CT molecular complexity index is 872. The van der Waals surface area contributed by atoms with Crippen molar-refractivity contribution in [2.24, 2.45) is 0 Å². The van der Waals surface area contributed by atoms with Gasteiger partial charge < -0.3 is 0 Å². The van der Waals surface area contributed by atoms with Crippen LogP contribution in [0.1, 0.15) is 11.1 Å². The minimum absolute atomic E-state index is 0.0703. The molecule has 1 aliphatic rings. The minimum atomic E-state index is -0.737. The zero-order chi connectivity index (χ0) is 17.3. The monoisotopic (exact) mass is 432 g/mol. The van der Waals surface area contributed by atoms with E-state index in [1.807, 2.05) is 30.3 Å². The predicted molar refractivity (Wildman–Crippen MR) is 99.3 cm³/mol. The quantitative estimate of drug-likeness (QED) is 0.450. The molecule has 6 heteroatoms. The second-order valence-corrected chi connectivity index (χ2v) is 6.54. The van der Waals surface area contributed by atoms with E-state index in [0.29, 0.717) is 11.3 Å². The van der Waals surface area contributed by atoms with Crippen molar-refractivity contribution in [2.45, 2.75) is 6.92 Å². The Labute approximate surface area is 152 Å². The van der Waals surface area contributed by atoms with Crippen molar-refractivity contribution in [1.82, 2.24) is 5.32 Å². The van der Waals surface area contributed by atoms with Gasteiger partial charge in [0.15, 0.2) is 0 Å². The first-order valence-corrected chi connectivity index (χ1v) is 8.28. The van der Waals surface area contributed by atoms with Crippen LogP contribution in [-0.2, 0) is 9.59 Å². The molecule has 3 rings (SSSR count). The molecule has 1 N–H and O–H groups in total. The summed E-state index contributed by atoms with van der Waals surface area (Å²) in [6.45, 7) is 1.80. The van der Waals surface area contributed by atoms with Crippen molar-refractivity contribution in [3.63, 3.8) is 0 Å². The second kappa shape index (κ2) is 6.56. The van der Waals surface area contributed by atoms with E-state index >= 15 is 0 Å². The minimum Gasteiger partial charge on any atom is -0.273 e. The van der Waals surface area contributed by atoms with Crippen LogP contribution in [0.2, 0.25) is 0 Å². The van der Waals surface area contributed by atoms with Gasteiger partial charge in [-0.05, 0) is 64.9 Å². The summed E-state index contributed by atoms with van der Waals surface area (Å²) >= 11 is 2.17. The number of rotatable bonds is 2. The largest absolute Gasteiger partial charge is 0.335 e. The zero-order valence-electron chi connectivity index (χ0n) is 12.7. The molecule has 0 saturated carbocycles. The van der Waals surface area contributed by atoms with Crippen LogP contribution in [0.4, 0.5) is 10.5 Å². The maximum absolute atomic E-state index is 12.7. The number of carbonyl (C=O) groups excluding carboxylic acids is 3. The number of carbonyl (C=O) groups is 3. The van der Waals surface area contributed by atoms with Crippen LogP contribution in [0.3, 0.4) is 0 Å². The Morgan fingerprint density at radius 1 is 1.00 bits per heavy atom. The molecule has 0 bridgehead atoms. The molecule has 0 atom stereocenters. The summed E-state index contributed by atoms with van der Waals surface area (Å²) < 4.78 is 1.05. The molecular weight excluding hydrogens is 419 g/mol. The van der Waals surface area contributed by atoms with E-state index < -0.39 is 17.8 Å². The maximum atomic E-state index is 12.7. The number of aryl methyl sites for hydroxylation is 1. The van der Waals surface area contributed by atoms with E-state index in [1.165, 1.54) is 6.08 Å². The van der Waals surface area contributed by atoms with Crippen molar-refractivity contribution < 1.29 is 14.4 Å². The fourth-order valence-electron chi connectivity index (χ4n) is 2.42. The molecule has 2 aromatic carbocycles. The van der Waals surface area contributed by atoms with E-state index in [-0.39, 0.29) is 5.57 Å². The number of barbiturate groups is 1. The molecule has 5 nitrogen and oxygen atoms in total. The van der Waals surface area contributed by atoms with Crippen LogP contribution in [0.15, 0.2) is 54.1 Å². The molecule has 1 aliphatic heterocycles. The van der Waals surface area contributed by atoms with Crippen molar-refractivity contribution in [3.05, 3.63) is 68.8 Å². The van der Waals surface area contributed by atoms with Crippen LogP contribution in [0, 0.1) is 10.5 Å². The topological polar surface area (TPSA) is 66.5 Å². The highest BCUT2D eigenvalue weighted by molar-refractivity contribution is 14.1. The molecule has 0 aliphatic carbocycles. The first-order chi connectivity index (χ1) is 11.5. The fraction of sp³-hybridized carbons (Fsp3) is 0.0556. The molecule has 4 amide bonds. The van der Waals surface area contributed by atoms with Gasteiger partial charge in [-0.15, -0.1) is 0 Å². The molecule has 0 radical (unpaired) electrons. The molecule has 1 saturated heterocycles. The number of hydrogen-bond acceptors (Lipinski definition) is 3. The number of benzene rings is 2. The van der Waals surface area contributed by atoms with E-state index in [9.17, 15) is 14.4 Å². The number of hydrogen-bond donors (Lipinski definition) is 1. The third-order valence-corrected chi connectivity index (χ3v) is 4.36. The van der Waals surface area contributed by atoms with E-state index in [0.717, 1.165) is 14.0 Å². The number of urea groups is 1. The highest BCUT2D eigenvalue weighted by atomic mass is 127. The number of halogens is 1. The highest BCUT2D eigenvalue weighted by Gasteiger charge is 2.37. The summed E-state index contributed by atoms with van der Waals surface area (Å²) in [7, 11) is 0. The van der Waals surface area contributed by atoms with E-state index in [1.54, 1.807) is 25.1 Å². The SMILES string of the molecule is Cc1ccccc1N1C(=O)NC(=O)C(=Cc2ccc(I)cc2)C1=O. The van der Waals surface area contributed by atoms with Crippen LogP contribution < -0.4 is 10.2 Å². The van der Waals surface area contributed by atoms with E-state index in [2.05, 4.69) is 27.9 Å². The summed E-state index contributed by atoms with van der Waals surface area (Å²) in [5.74, 6) is -1.31. The van der Waals surface area contributed by atoms with Gasteiger partial charge in [0.05, 0.1) is 5.69 Å².